The van der Waals surface area contributed by atoms with E-state index >= 15 is 0 Å². The van der Waals surface area contributed by atoms with Crippen molar-refractivity contribution in [2.75, 3.05) is 10.6 Å². The van der Waals surface area contributed by atoms with Gasteiger partial charge in [0.05, 0.1) is 23.8 Å². The topological polar surface area (TPSA) is 87.3 Å². The van der Waals surface area contributed by atoms with Crippen LogP contribution >= 0.6 is 11.6 Å². The van der Waals surface area contributed by atoms with Crippen LogP contribution in [-0.4, -0.2) is 17.7 Å². The fourth-order valence-electron chi connectivity index (χ4n) is 3.07. The molecule has 0 saturated heterocycles. The summed E-state index contributed by atoms with van der Waals surface area (Å²) in [4.78, 5) is 36.9. The van der Waals surface area contributed by atoms with Crippen LogP contribution in [0.1, 0.15) is 35.3 Å². The van der Waals surface area contributed by atoms with Crippen molar-refractivity contribution in [1.82, 2.24) is 5.32 Å². The lowest BCUT2D eigenvalue weighted by Gasteiger charge is -2.19. The van der Waals surface area contributed by atoms with E-state index in [0.717, 1.165) is 5.56 Å². The Balaban J connectivity index is 1.71. The Labute approximate surface area is 185 Å². The van der Waals surface area contributed by atoms with E-state index in [4.69, 9.17) is 11.6 Å². The normalized spacial score (nSPS) is 11.3. The Morgan fingerprint density at radius 3 is 2.00 bits per heavy atom. The largest absolute Gasteiger partial charge is 0.349 e. The highest BCUT2D eigenvalue weighted by atomic mass is 35.5. The molecule has 0 radical (unpaired) electrons. The SMILES string of the molecule is CC(=O)N[C@H](CC(=O)Nc1ccccc1NC(=O)c1ccc(Cl)cc1)c1ccccc1. The number of halogens is 1. The molecule has 0 aromatic heterocycles. The van der Waals surface area contributed by atoms with E-state index in [1.807, 2.05) is 30.3 Å². The van der Waals surface area contributed by atoms with Crippen LogP contribution in [0, 0.1) is 0 Å². The van der Waals surface area contributed by atoms with Crippen molar-refractivity contribution < 1.29 is 14.4 Å². The number of hydrogen-bond donors (Lipinski definition) is 3. The van der Waals surface area contributed by atoms with Crippen LogP contribution in [0.5, 0.6) is 0 Å². The molecule has 0 fully saturated rings. The molecule has 0 heterocycles. The molecule has 6 nitrogen and oxygen atoms in total. The molecule has 3 rings (SSSR count). The van der Waals surface area contributed by atoms with Crippen molar-refractivity contribution in [3.8, 4) is 0 Å². The molecule has 3 aromatic rings. The number of rotatable bonds is 7. The summed E-state index contributed by atoms with van der Waals surface area (Å²) in [7, 11) is 0. The number of para-hydroxylation sites is 2. The van der Waals surface area contributed by atoms with Gasteiger partial charge < -0.3 is 16.0 Å². The molecule has 0 bridgehead atoms. The molecule has 0 unspecified atom stereocenters. The molecule has 0 aliphatic rings. The second-order valence-corrected chi connectivity index (χ2v) is 7.36. The van der Waals surface area contributed by atoms with Crippen molar-refractivity contribution >= 4 is 40.7 Å². The molecular formula is C24H22ClN3O3. The third-order valence-corrected chi connectivity index (χ3v) is 4.78. The predicted octanol–water partition coefficient (Wildman–Crippen LogP) is 4.80. The molecule has 1 atom stereocenters. The van der Waals surface area contributed by atoms with E-state index in [2.05, 4.69) is 16.0 Å². The number of nitrogens with one attached hydrogen (secondary N) is 3. The first-order valence-corrected chi connectivity index (χ1v) is 10.1. The minimum Gasteiger partial charge on any atom is -0.349 e. The van der Waals surface area contributed by atoms with Crippen LogP contribution < -0.4 is 16.0 Å². The summed E-state index contributed by atoms with van der Waals surface area (Å²) in [6.07, 6.45) is 0.0447. The Hall–Kier alpha value is -3.64. The number of carbonyl (C=O) groups is 3. The van der Waals surface area contributed by atoms with E-state index in [1.54, 1.807) is 48.5 Å². The maximum Gasteiger partial charge on any atom is 0.255 e. The van der Waals surface area contributed by atoms with Gasteiger partial charge in [0, 0.05) is 17.5 Å². The van der Waals surface area contributed by atoms with Gasteiger partial charge in [-0.3, -0.25) is 14.4 Å². The summed E-state index contributed by atoms with van der Waals surface area (Å²) >= 11 is 5.87. The van der Waals surface area contributed by atoms with Gasteiger partial charge in [-0.25, -0.2) is 0 Å². The summed E-state index contributed by atoms with van der Waals surface area (Å²) in [6.45, 7) is 1.41. The van der Waals surface area contributed by atoms with Crippen molar-refractivity contribution in [2.45, 2.75) is 19.4 Å². The third kappa shape index (κ3) is 6.42. The zero-order valence-electron chi connectivity index (χ0n) is 16.9. The van der Waals surface area contributed by atoms with Gasteiger partial charge in [-0.2, -0.15) is 0 Å². The molecular weight excluding hydrogens is 414 g/mol. The fraction of sp³-hybridized carbons (Fsp3) is 0.125. The monoisotopic (exact) mass is 435 g/mol. The van der Waals surface area contributed by atoms with Gasteiger partial charge in [-0.05, 0) is 42.0 Å². The van der Waals surface area contributed by atoms with Gasteiger partial charge >= 0.3 is 0 Å². The quantitative estimate of drug-likeness (QED) is 0.498. The fourth-order valence-corrected chi connectivity index (χ4v) is 3.19. The molecule has 0 aliphatic carbocycles. The van der Waals surface area contributed by atoms with Gasteiger partial charge in [0.15, 0.2) is 0 Å². The molecule has 31 heavy (non-hydrogen) atoms. The highest BCUT2D eigenvalue weighted by molar-refractivity contribution is 6.30. The first kappa shape index (κ1) is 22.1. The van der Waals surface area contributed by atoms with Crippen molar-refractivity contribution in [2.24, 2.45) is 0 Å². The number of benzene rings is 3. The standard InChI is InChI=1S/C24H22ClN3O3/c1-16(29)26-22(17-7-3-2-4-8-17)15-23(30)27-20-9-5-6-10-21(20)28-24(31)18-11-13-19(25)14-12-18/h2-14,22H,15H2,1H3,(H,26,29)(H,27,30)(H,28,31)/t22-/m1/s1. The number of amides is 3. The summed E-state index contributed by atoms with van der Waals surface area (Å²) in [5.74, 6) is -0.841. The Morgan fingerprint density at radius 1 is 0.806 bits per heavy atom. The highest BCUT2D eigenvalue weighted by Crippen LogP contribution is 2.24. The summed E-state index contributed by atoms with van der Waals surface area (Å²) < 4.78 is 0. The maximum absolute atomic E-state index is 12.7. The van der Waals surface area contributed by atoms with Gasteiger partial charge in [-0.15, -0.1) is 0 Å². The van der Waals surface area contributed by atoms with Crippen molar-refractivity contribution in [3.63, 3.8) is 0 Å². The minimum atomic E-state index is -0.463. The molecule has 0 saturated carbocycles. The maximum atomic E-state index is 12.7. The van der Waals surface area contributed by atoms with E-state index in [9.17, 15) is 14.4 Å². The molecule has 158 valence electrons. The lowest BCUT2D eigenvalue weighted by atomic mass is 10.0. The molecule has 3 amide bonds. The zero-order valence-corrected chi connectivity index (χ0v) is 17.6. The van der Waals surface area contributed by atoms with Crippen LogP contribution in [0.25, 0.3) is 0 Å². The Bertz CT molecular complexity index is 1070. The van der Waals surface area contributed by atoms with E-state index < -0.39 is 6.04 Å². The average Bonchev–Trinajstić information content (AvgIpc) is 2.75. The van der Waals surface area contributed by atoms with E-state index in [1.165, 1.54) is 6.92 Å². The summed E-state index contributed by atoms with van der Waals surface area (Å²) in [5.41, 5.74) is 2.20. The molecule has 0 spiro atoms. The number of hydrogen-bond acceptors (Lipinski definition) is 3. The first-order valence-electron chi connectivity index (χ1n) is 9.70. The lowest BCUT2D eigenvalue weighted by Crippen LogP contribution is -2.30. The van der Waals surface area contributed by atoms with Gasteiger partial charge in [0.2, 0.25) is 11.8 Å². The summed E-state index contributed by atoms with van der Waals surface area (Å²) in [5, 5.41) is 8.97. The number of anilines is 2. The first-order chi connectivity index (χ1) is 14.9. The van der Waals surface area contributed by atoms with Crippen molar-refractivity contribution in [1.29, 1.82) is 0 Å². The molecule has 3 aromatic carbocycles. The second kappa shape index (κ2) is 10.4. The second-order valence-electron chi connectivity index (χ2n) is 6.92. The van der Waals surface area contributed by atoms with Crippen LogP contribution in [0.15, 0.2) is 78.9 Å². The molecule has 7 heteroatoms. The Morgan fingerprint density at radius 2 is 1.39 bits per heavy atom. The Kier molecular flexibility index (Phi) is 7.40. The van der Waals surface area contributed by atoms with E-state index in [-0.39, 0.29) is 24.1 Å². The number of carbonyl (C=O) groups excluding carboxylic acids is 3. The summed E-state index contributed by atoms with van der Waals surface area (Å²) in [6, 6.07) is 22.3. The third-order valence-electron chi connectivity index (χ3n) is 4.52. The van der Waals surface area contributed by atoms with Crippen molar-refractivity contribution in [3.05, 3.63) is 95.0 Å². The van der Waals surface area contributed by atoms with E-state index in [0.29, 0.717) is 22.0 Å². The average molecular weight is 436 g/mol. The van der Waals surface area contributed by atoms with Gasteiger partial charge in [0.1, 0.15) is 0 Å². The van der Waals surface area contributed by atoms with Gasteiger partial charge in [0.25, 0.3) is 5.91 Å². The zero-order chi connectivity index (χ0) is 22.2. The van der Waals surface area contributed by atoms with Crippen LogP contribution in [0.3, 0.4) is 0 Å². The highest BCUT2D eigenvalue weighted by Gasteiger charge is 2.18. The predicted molar refractivity (Wildman–Crippen MR) is 122 cm³/mol. The van der Waals surface area contributed by atoms with Crippen LogP contribution in [0.4, 0.5) is 11.4 Å². The van der Waals surface area contributed by atoms with Gasteiger partial charge in [-0.1, -0.05) is 54.1 Å². The lowest BCUT2D eigenvalue weighted by molar-refractivity contribution is -0.120. The molecule has 3 N–H and O–H groups in total. The molecule has 0 aliphatic heterocycles. The smallest absolute Gasteiger partial charge is 0.255 e. The van der Waals surface area contributed by atoms with Crippen LogP contribution in [0.2, 0.25) is 5.02 Å². The van der Waals surface area contributed by atoms with Crippen LogP contribution in [-0.2, 0) is 9.59 Å². The minimum absolute atomic E-state index is 0.0447.